The number of carbonyl (C=O) groups excluding carboxylic acids is 1. The molecule has 0 heterocycles. The molecular weight excluding hydrogens is 326 g/mol. The molecule has 7 nitrogen and oxygen atoms in total. The van der Waals surface area contributed by atoms with E-state index in [0.717, 1.165) is 0 Å². The number of carboxylic acid groups (broad SMARTS) is 1. The molecule has 0 aliphatic carbocycles. The molecule has 0 saturated carbocycles. The Kier molecular flexibility index (Phi) is 8.21. The Labute approximate surface area is 147 Å². The molecule has 1 aromatic rings. The minimum atomic E-state index is -1.06. The van der Waals surface area contributed by atoms with Crippen molar-refractivity contribution in [3.63, 3.8) is 0 Å². The van der Waals surface area contributed by atoms with Crippen LogP contribution in [0.4, 0.5) is 0 Å². The van der Waals surface area contributed by atoms with E-state index in [4.69, 9.17) is 14.6 Å². The van der Waals surface area contributed by atoms with E-state index < -0.39 is 24.0 Å². The molecule has 0 aliphatic rings. The van der Waals surface area contributed by atoms with Crippen molar-refractivity contribution in [2.45, 2.75) is 45.3 Å². The van der Waals surface area contributed by atoms with E-state index in [0.29, 0.717) is 23.5 Å². The summed E-state index contributed by atoms with van der Waals surface area (Å²) in [6.45, 7) is 3.78. The summed E-state index contributed by atoms with van der Waals surface area (Å²) >= 11 is 0. The Bertz CT molecular complexity index is 587. The first-order valence-corrected chi connectivity index (χ1v) is 8.20. The number of nitrogens with one attached hydrogen (secondary N) is 1. The fourth-order valence-corrected chi connectivity index (χ4v) is 2.48. The quantitative estimate of drug-likeness (QED) is 0.595. The van der Waals surface area contributed by atoms with Crippen LogP contribution < -0.4 is 14.8 Å². The lowest BCUT2D eigenvalue weighted by molar-refractivity contribution is -0.142. The van der Waals surface area contributed by atoms with E-state index in [1.165, 1.54) is 14.2 Å². The molecule has 7 heteroatoms. The van der Waals surface area contributed by atoms with Crippen LogP contribution in [0.5, 0.6) is 11.5 Å². The van der Waals surface area contributed by atoms with Crippen molar-refractivity contribution < 1.29 is 29.3 Å². The number of carbonyl (C=O) groups is 2. The number of carboxylic acids is 1. The number of aliphatic hydroxyl groups excluding tert-OH is 1. The highest BCUT2D eigenvalue weighted by Crippen LogP contribution is 2.31. The van der Waals surface area contributed by atoms with Crippen molar-refractivity contribution >= 4 is 11.9 Å². The molecule has 1 rings (SSSR count). The molecule has 0 fully saturated rings. The molecule has 25 heavy (non-hydrogen) atoms. The Morgan fingerprint density at radius 1 is 1.20 bits per heavy atom. The first-order valence-electron chi connectivity index (χ1n) is 8.20. The minimum Gasteiger partial charge on any atom is -0.497 e. The van der Waals surface area contributed by atoms with Crippen LogP contribution in [0, 0.1) is 5.92 Å². The Morgan fingerprint density at radius 3 is 2.40 bits per heavy atom. The molecule has 1 aromatic carbocycles. The van der Waals surface area contributed by atoms with Crippen molar-refractivity contribution in [2.75, 3.05) is 14.2 Å². The average Bonchev–Trinajstić information content (AvgIpc) is 2.57. The third kappa shape index (κ3) is 6.62. The number of hydrogen-bond acceptors (Lipinski definition) is 5. The molecule has 0 aromatic heterocycles. The number of rotatable bonds is 10. The lowest BCUT2D eigenvalue weighted by Crippen LogP contribution is -2.41. The third-order valence-corrected chi connectivity index (χ3v) is 3.78. The molecule has 0 saturated heterocycles. The van der Waals surface area contributed by atoms with Crippen LogP contribution in [0.25, 0.3) is 0 Å². The fourth-order valence-electron chi connectivity index (χ4n) is 2.48. The predicted octanol–water partition coefficient (Wildman–Crippen LogP) is 2.13. The van der Waals surface area contributed by atoms with Gasteiger partial charge in [-0.25, -0.2) is 4.79 Å². The highest BCUT2D eigenvalue weighted by Gasteiger charge is 2.22. The maximum Gasteiger partial charge on any atom is 0.326 e. The van der Waals surface area contributed by atoms with Crippen LogP contribution in [-0.2, 0) is 9.59 Å². The lowest BCUT2D eigenvalue weighted by Gasteiger charge is -2.18. The molecular formula is C18H27NO6. The van der Waals surface area contributed by atoms with Gasteiger partial charge in [0.25, 0.3) is 0 Å². The van der Waals surface area contributed by atoms with Gasteiger partial charge in [-0.15, -0.1) is 0 Å². The summed E-state index contributed by atoms with van der Waals surface area (Å²) in [6, 6.07) is 4.12. The summed E-state index contributed by atoms with van der Waals surface area (Å²) in [5, 5.41) is 22.0. The van der Waals surface area contributed by atoms with Gasteiger partial charge in [0.15, 0.2) is 0 Å². The average molecular weight is 353 g/mol. The summed E-state index contributed by atoms with van der Waals surface area (Å²) in [4.78, 5) is 23.2. The van der Waals surface area contributed by atoms with Crippen LogP contribution in [0.1, 0.15) is 44.8 Å². The SMILES string of the molecule is COc1ccc(C(O)CCC(=O)NC(CC(C)C)C(=O)O)c(OC)c1. The number of aliphatic hydroxyl groups is 1. The first-order chi connectivity index (χ1) is 11.8. The monoisotopic (exact) mass is 353 g/mol. The zero-order chi connectivity index (χ0) is 19.0. The Morgan fingerprint density at radius 2 is 1.88 bits per heavy atom. The molecule has 0 radical (unpaired) electrons. The van der Waals surface area contributed by atoms with Crippen LogP contribution in [0.2, 0.25) is 0 Å². The molecule has 2 atom stereocenters. The molecule has 0 spiro atoms. The summed E-state index contributed by atoms with van der Waals surface area (Å²) in [6.07, 6.45) is -0.378. The van der Waals surface area contributed by atoms with E-state index in [1.54, 1.807) is 18.2 Å². The van der Waals surface area contributed by atoms with Crippen molar-refractivity contribution in [3.8, 4) is 11.5 Å². The topological polar surface area (TPSA) is 105 Å². The molecule has 3 N–H and O–H groups in total. The van der Waals surface area contributed by atoms with Gasteiger partial charge in [0.1, 0.15) is 17.5 Å². The fraction of sp³-hybridized carbons (Fsp3) is 0.556. The largest absolute Gasteiger partial charge is 0.497 e. The van der Waals surface area contributed by atoms with Gasteiger partial charge in [-0.2, -0.15) is 0 Å². The number of aliphatic carboxylic acids is 1. The smallest absolute Gasteiger partial charge is 0.326 e. The van der Waals surface area contributed by atoms with Gasteiger partial charge in [0, 0.05) is 18.1 Å². The standard InChI is InChI=1S/C18H27NO6/c1-11(2)9-14(18(22)23)19-17(21)8-7-15(20)13-6-5-12(24-3)10-16(13)25-4/h5-6,10-11,14-15,20H,7-9H2,1-4H3,(H,19,21)(H,22,23). The van der Waals surface area contributed by atoms with Gasteiger partial charge in [0.05, 0.1) is 20.3 Å². The van der Waals surface area contributed by atoms with Gasteiger partial charge in [0.2, 0.25) is 5.91 Å². The van der Waals surface area contributed by atoms with Crippen LogP contribution >= 0.6 is 0 Å². The number of hydrogen-bond donors (Lipinski definition) is 3. The van der Waals surface area contributed by atoms with Crippen molar-refractivity contribution in [3.05, 3.63) is 23.8 Å². The molecule has 0 bridgehead atoms. The number of ether oxygens (including phenoxy) is 2. The zero-order valence-corrected chi connectivity index (χ0v) is 15.1. The molecule has 0 aliphatic heterocycles. The molecule has 1 amide bonds. The van der Waals surface area contributed by atoms with E-state index in [1.807, 2.05) is 13.8 Å². The number of methoxy groups -OCH3 is 2. The highest BCUT2D eigenvalue weighted by atomic mass is 16.5. The number of amides is 1. The van der Waals surface area contributed by atoms with Gasteiger partial charge < -0.3 is 25.0 Å². The van der Waals surface area contributed by atoms with E-state index in [-0.39, 0.29) is 18.8 Å². The van der Waals surface area contributed by atoms with E-state index >= 15 is 0 Å². The van der Waals surface area contributed by atoms with E-state index in [2.05, 4.69) is 5.32 Å². The normalized spacial score (nSPS) is 13.2. The van der Waals surface area contributed by atoms with Crippen molar-refractivity contribution in [1.82, 2.24) is 5.32 Å². The molecule has 2 unspecified atom stereocenters. The Balaban J connectivity index is 2.64. The zero-order valence-electron chi connectivity index (χ0n) is 15.1. The predicted molar refractivity (Wildman–Crippen MR) is 92.8 cm³/mol. The minimum absolute atomic E-state index is 0.0121. The maximum absolute atomic E-state index is 12.0. The summed E-state index contributed by atoms with van der Waals surface area (Å²) in [5.74, 6) is -0.242. The summed E-state index contributed by atoms with van der Waals surface area (Å²) in [5.41, 5.74) is 0.549. The van der Waals surface area contributed by atoms with Crippen molar-refractivity contribution in [2.24, 2.45) is 5.92 Å². The first kappa shape index (κ1) is 20.8. The highest BCUT2D eigenvalue weighted by molar-refractivity contribution is 5.83. The maximum atomic E-state index is 12.0. The van der Waals surface area contributed by atoms with E-state index in [9.17, 15) is 14.7 Å². The summed E-state index contributed by atoms with van der Waals surface area (Å²) < 4.78 is 10.3. The Hall–Kier alpha value is -2.28. The number of benzene rings is 1. The van der Waals surface area contributed by atoms with Gasteiger partial charge in [-0.05, 0) is 30.9 Å². The lowest BCUT2D eigenvalue weighted by atomic mass is 10.0. The third-order valence-electron chi connectivity index (χ3n) is 3.78. The van der Waals surface area contributed by atoms with Gasteiger partial charge in [-0.3, -0.25) is 4.79 Å². The van der Waals surface area contributed by atoms with Gasteiger partial charge in [-0.1, -0.05) is 13.8 Å². The summed E-state index contributed by atoms with van der Waals surface area (Å²) in [7, 11) is 3.02. The van der Waals surface area contributed by atoms with Crippen LogP contribution in [0.15, 0.2) is 18.2 Å². The second-order valence-electron chi connectivity index (χ2n) is 6.25. The van der Waals surface area contributed by atoms with Crippen molar-refractivity contribution in [1.29, 1.82) is 0 Å². The second-order valence-corrected chi connectivity index (χ2v) is 6.25. The molecule has 140 valence electrons. The van der Waals surface area contributed by atoms with Gasteiger partial charge >= 0.3 is 5.97 Å². The van der Waals surface area contributed by atoms with Crippen LogP contribution in [0.3, 0.4) is 0 Å². The second kappa shape index (κ2) is 9.88. The van der Waals surface area contributed by atoms with Crippen LogP contribution in [-0.4, -0.2) is 42.4 Å².